The van der Waals surface area contributed by atoms with Gasteiger partial charge in [-0.05, 0) is 105 Å². The van der Waals surface area contributed by atoms with Crippen LogP contribution in [0.15, 0.2) is 48.6 Å². The van der Waals surface area contributed by atoms with E-state index in [1.807, 2.05) is 19.1 Å². The Morgan fingerprint density at radius 3 is 2.77 bits per heavy atom. The number of aryl methyl sites for hydroxylation is 1. The maximum Gasteiger partial charge on any atom is 0.264 e. The molecular weight excluding hydrogens is 598 g/mol. The number of aliphatic hydroxyl groups is 1. The van der Waals surface area contributed by atoms with Crippen LogP contribution < -0.4 is 14.4 Å². The zero-order valence-corrected chi connectivity index (χ0v) is 26.8. The number of hydrogen-bond acceptors (Lipinski definition) is 7. The van der Waals surface area contributed by atoms with Crippen molar-refractivity contribution in [3.05, 3.63) is 70.3 Å². The Kier molecular flexibility index (Phi) is 8.23. The van der Waals surface area contributed by atoms with Gasteiger partial charge in [-0.2, -0.15) is 5.26 Å². The third-order valence-electron chi connectivity index (χ3n) is 10.6. The molecule has 4 aliphatic rings. The van der Waals surface area contributed by atoms with E-state index in [2.05, 4.69) is 21.8 Å². The van der Waals surface area contributed by atoms with Crippen LogP contribution in [0, 0.1) is 29.1 Å². The van der Waals surface area contributed by atoms with Crippen LogP contribution in [0.3, 0.4) is 0 Å². The number of amides is 1. The maximum absolute atomic E-state index is 13.4. The second-order valence-corrected chi connectivity index (χ2v) is 15.8. The van der Waals surface area contributed by atoms with E-state index in [-0.39, 0.29) is 35.2 Å². The SMILES string of the molecule is C[C@@H]1[C@@H](C)C/C=C/[C@@](O)(CC#N)[C@@H]2CC[C@H]2CN2C[C@@]3(CCCc4cc(Cl)ccc43)COc3ccc(cc32)C(=O)NS1(=O)=O. The Balaban J connectivity index is 1.45. The number of allylic oxidation sites excluding steroid dienone is 1. The summed E-state index contributed by atoms with van der Waals surface area (Å²) in [5.74, 6) is -0.385. The molecule has 0 unspecified atom stereocenters. The van der Waals surface area contributed by atoms with Gasteiger partial charge in [0.25, 0.3) is 5.91 Å². The van der Waals surface area contributed by atoms with Gasteiger partial charge in [0.1, 0.15) is 5.75 Å². The van der Waals surface area contributed by atoms with Gasteiger partial charge in [-0.1, -0.05) is 36.7 Å². The second-order valence-electron chi connectivity index (χ2n) is 13.4. The van der Waals surface area contributed by atoms with Crippen molar-refractivity contribution in [1.82, 2.24) is 4.72 Å². The molecule has 0 saturated heterocycles. The number of halogens is 1. The minimum atomic E-state index is -3.99. The van der Waals surface area contributed by atoms with Crippen molar-refractivity contribution >= 4 is 33.2 Å². The molecule has 1 saturated carbocycles. The van der Waals surface area contributed by atoms with Crippen molar-refractivity contribution < 1.29 is 23.1 Å². The molecule has 1 spiro atoms. The molecule has 10 heteroatoms. The number of rotatable bonds is 1. The van der Waals surface area contributed by atoms with Crippen molar-refractivity contribution in [2.75, 3.05) is 24.6 Å². The standard InChI is InChI=1S/C34H40ClN3O5S/c1-22-5-3-14-34(40,15-16-36)29-10-7-26(29)19-38-20-33(13-4-6-24-17-27(35)9-11-28(24)33)21-43-31-12-8-25(18-30(31)38)32(39)37-44(41,42)23(22)2/h3,8-9,11-12,14,17-18,22-23,26,29,40H,4-7,10,13,15,19-21H2,1-2H3,(H,37,39)/b14-3+/t22-,23+,26-,29+,33-,34+/m0/s1. The first-order valence-electron chi connectivity index (χ1n) is 15.6. The first-order chi connectivity index (χ1) is 20.9. The molecule has 2 bridgehead atoms. The predicted octanol–water partition coefficient (Wildman–Crippen LogP) is 5.53. The van der Waals surface area contributed by atoms with Crippen LogP contribution in [-0.2, 0) is 21.9 Å². The van der Waals surface area contributed by atoms with E-state index in [9.17, 15) is 23.6 Å². The highest BCUT2D eigenvalue weighted by Gasteiger charge is 2.48. The zero-order chi connectivity index (χ0) is 31.3. The number of anilines is 1. The molecule has 44 heavy (non-hydrogen) atoms. The third-order valence-corrected chi connectivity index (χ3v) is 12.8. The highest BCUT2D eigenvalue weighted by atomic mass is 35.5. The van der Waals surface area contributed by atoms with Crippen LogP contribution in [-0.4, -0.2) is 50.0 Å². The number of nitrogens with zero attached hydrogens (tertiary/aromatic N) is 2. The monoisotopic (exact) mass is 637 g/mol. The van der Waals surface area contributed by atoms with Gasteiger partial charge in [0, 0.05) is 29.1 Å². The van der Waals surface area contributed by atoms with E-state index in [1.165, 1.54) is 11.1 Å². The van der Waals surface area contributed by atoms with Crippen LogP contribution in [0.1, 0.15) is 73.9 Å². The number of carbonyl (C=O) groups is 1. The Bertz CT molecular complexity index is 1640. The van der Waals surface area contributed by atoms with Gasteiger partial charge >= 0.3 is 0 Å². The van der Waals surface area contributed by atoms with E-state index in [1.54, 1.807) is 37.3 Å². The van der Waals surface area contributed by atoms with Gasteiger partial charge in [-0.15, -0.1) is 0 Å². The van der Waals surface area contributed by atoms with E-state index < -0.39 is 26.8 Å². The molecule has 8 nitrogen and oxygen atoms in total. The first kappa shape index (κ1) is 30.9. The number of hydrogen-bond donors (Lipinski definition) is 2. The molecule has 2 aromatic carbocycles. The number of sulfonamides is 1. The summed E-state index contributed by atoms with van der Waals surface area (Å²) < 4.78 is 35.3. The number of ether oxygens (including phenoxy) is 1. The lowest BCUT2D eigenvalue weighted by Gasteiger charge is -2.48. The Morgan fingerprint density at radius 2 is 2.02 bits per heavy atom. The van der Waals surface area contributed by atoms with Crippen molar-refractivity contribution in [1.29, 1.82) is 5.26 Å². The first-order valence-corrected chi connectivity index (χ1v) is 17.5. The fourth-order valence-electron chi connectivity index (χ4n) is 7.69. The molecule has 2 N–H and O–H groups in total. The minimum Gasteiger partial charge on any atom is -0.490 e. The number of nitrogens with one attached hydrogen (secondary N) is 1. The predicted molar refractivity (Wildman–Crippen MR) is 170 cm³/mol. The molecule has 2 aromatic rings. The smallest absolute Gasteiger partial charge is 0.264 e. The molecule has 0 radical (unpaired) electrons. The zero-order valence-electron chi connectivity index (χ0n) is 25.3. The molecular formula is C34H40ClN3O5S. The van der Waals surface area contributed by atoms with E-state index in [0.29, 0.717) is 36.9 Å². The minimum absolute atomic E-state index is 0.0368. The lowest BCUT2D eigenvalue weighted by atomic mass is 9.63. The number of benzene rings is 2. The average Bonchev–Trinajstić information content (AvgIpc) is 3.11. The summed E-state index contributed by atoms with van der Waals surface area (Å²) in [5, 5.41) is 21.4. The van der Waals surface area contributed by atoms with Gasteiger partial charge in [0.05, 0.1) is 35.6 Å². The molecule has 2 heterocycles. The van der Waals surface area contributed by atoms with Crippen LogP contribution in [0.2, 0.25) is 5.02 Å². The van der Waals surface area contributed by atoms with Crippen molar-refractivity contribution in [3.8, 4) is 11.8 Å². The Labute approximate surface area is 265 Å². The van der Waals surface area contributed by atoms with E-state index in [0.717, 1.165) is 37.8 Å². The largest absolute Gasteiger partial charge is 0.490 e. The van der Waals surface area contributed by atoms with Crippen LogP contribution in [0.5, 0.6) is 5.75 Å². The summed E-state index contributed by atoms with van der Waals surface area (Å²) in [7, 11) is -3.99. The summed E-state index contributed by atoms with van der Waals surface area (Å²) in [6.45, 7) is 5.08. The third kappa shape index (κ3) is 5.61. The average molecular weight is 638 g/mol. The van der Waals surface area contributed by atoms with Crippen LogP contribution in [0.4, 0.5) is 5.69 Å². The summed E-state index contributed by atoms with van der Waals surface area (Å²) in [4.78, 5) is 15.6. The highest BCUT2D eigenvalue weighted by molar-refractivity contribution is 7.90. The molecule has 1 amide bonds. The fourth-order valence-corrected chi connectivity index (χ4v) is 9.17. The van der Waals surface area contributed by atoms with Crippen molar-refractivity contribution in [3.63, 3.8) is 0 Å². The number of fused-ring (bicyclic) bond motifs is 4. The van der Waals surface area contributed by atoms with Crippen molar-refractivity contribution in [2.45, 2.75) is 75.1 Å². The molecule has 1 fully saturated rings. The number of nitriles is 1. The molecule has 6 rings (SSSR count). The second kappa shape index (κ2) is 11.7. The van der Waals surface area contributed by atoms with Crippen LogP contribution in [0.25, 0.3) is 0 Å². The summed E-state index contributed by atoms with van der Waals surface area (Å²) in [5.41, 5.74) is 1.77. The van der Waals surface area contributed by atoms with E-state index >= 15 is 0 Å². The molecule has 2 aliphatic carbocycles. The van der Waals surface area contributed by atoms with E-state index in [4.69, 9.17) is 16.3 Å². The quantitative estimate of drug-likeness (QED) is 0.395. The van der Waals surface area contributed by atoms with Gasteiger partial charge in [-0.25, -0.2) is 13.1 Å². The van der Waals surface area contributed by atoms with Gasteiger partial charge < -0.3 is 14.7 Å². The van der Waals surface area contributed by atoms with Gasteiger partial charge in [0.15, 0.2) is 0 Å². The highest BCUT2D eigenvalue weighted by Crippen LogP contribution is 2.49. The molecule has 0 aromatic heterocycles. The summed E-state index contributed by atoms with van der Waals surface area (Å²) in [6, 6.07) is 13.4. The van der Waals surface area contributed by atoms with Crippen molar-refractivity contribution in [2.24, 2.45) is 17.8 Å². The fraction of sp³-hybridized carbons (Fsp3) is 0.529. The Morgan fingerprint density at radius 1 is 1.20 bits per heavy atom. The molecule has 6 atom stereocenters. The van der Waals surface area contributed by atoms with Gasteiger partial charge in [-0.3, -0.25) is 4.79 Å². The molecule has 2 aliphatic heterocycles. The topological polar surface area (TPSA) is 120 Å². The lowest BCUT2D eigenvalue weighted by Crippen LogP contribution is -2.52. The summed E-state index contributed by atoms with van der Waals surface area (Å²) in [6.07, 6.45) is 8.41. The molecule has 234 valence electrons. The number of carbonyl (C=O) groups excluding carboxylic acids is 1. The summed E-state index contributed by atoms with van der Waals surface area (Å²) >= 11 is 6.39. The lowest BCUT2D eigenvalue weighted by molar-refractivity contribution is -0.0417. The van der Waals surface area contributed by atoms with Crippen LogP contribution >= 0.6 is 11.6 Å². The van der Waals surface area contributed by atoms with Gasteiger partial charge in [0.2, 0.25) is 10.0 Å². The Hall–Kier alpha value is -3.06. The normalized spacial score (nSPS) is 33.8. The maximum atomic E-state index is 13.4.